The van der Waals surface area contributed by atoms with Crippen LogP contribution in [0.2, 0.25) is 5.02 Å². The number of esters is 1. The molecule has 3 heterocycles. The number of carbonyl (C=O) groups excluding carboxylic acids is 1. The first-order chi connectivity index (χ1) is 13.6. The highest BCUT2D eigenvalue weighted by molar-refractivity contribution is 6.31. The van der Waals surface area contributed by atoms with Crippen molar-refractivity contribution in [1.29, 1.82) is 0 Å². The van der Waals surface area contributed by atoms with Gasteiger partial charge in [-0.15, -0.1) is 0 Å². The Morgan fingerprint density at radius 3 is 2.93 bits per heavy atom. The van der Waals surface area contributed by atoms with Gasteiger partial charge in [0.25, 0.3) is 0 Å². The number of carbonyl (C=O) groups is 1. The molecule has 144 valence electrons. The summed E-state index contributed by atoms with van der Waals surface area (Å²) in [6.07, 6.45) is 3.33. The van der Waals surface area contributed by atoms with E-state index in [0.29, 0.717) is 22.7 Å². The lowest BCUT2D eigenvalue weighted by Gasteiger charge is -2.32. The molecule has 0 spiro atoms. The molecule has 1 unspecified atom stereocenters. The average molecular weight is 400 g/mol. The van der Waals surface area contributed by atoms with Gasteiger partial charge in [0.2, 0.25) is 0 Å². The lowest BCUT2D eigenvalue weighted by Crippen LogP contribution is -2.35. The van der Waals surface area contributed by atoms with Crippen LogP contribution in [0.4, 0.5) is 4.39 Å². The minimum absolute atomic E-state index is 0.225. The van der Waals surface area contributed by atoms with Crippen LogP contribution in [0.25, 0.3) is 0 Å². The molecular weight excluding hydrogens is 381 g/mol. The van der Waals surface area contributed by atoms with E-state index in [4.69, 9.17) is 21.3 Å². The molecule has 2 aliphatic heterocycles. The molecule has 0 saturated carbocycles. The maximum Gasteiger partial charge on any atom is 0.338 e. The zero-order valence-corrected chi connectivity index (χ0v) is 16.1. The Kier molecular flexibility index (Phi) is 5.13. The summed E-state index contributed by atoms with van der Waals surface area (Å²) in [5.41, 5.74) is 2.62. The molecule has 0 aliphatic carbocycles. The second-order valence-electron chi connectivity index (χ2n) is 6.57. The number of halogens is 2. The SMILES string of the molecule is CCOC(=O)C1=C2CCCN2C(c2ccccn2)=NC1c1ccc(F)cc1Cl. The molecule has 1 saturated heterocycles. The molecule has 28 heavy (non-hydrogen) atoms. The maximum absolute atomic E-state index is 13.6. The van der Waals surface area contributed by atoms with Crippen LogP contribution in [0, 0.1) is 5.82 Å². The number of rotatable bonds is 4. The van der Waals surface area contributed by atoms with Crippen LogP contribution in [-0.4, -0.2) is 34.8 Å². The van der Waals surface area contributed by atoms with Gasteiger partial charge in [-0.3, -0.25) is 9.98 Å². The number of pyridine rings is 1. The van der Waals surface area contributed by atoms with Crippen LogP contribution in [0.3, 0.4) is 0 Å². The number of aliphatic imine (C=N–C) groups is 1. The number of benzene rings is 1. The lowest BCUT2D eigenvalue weighted by atomic mass is 9.94. The third-order valence-electron chi connectivity index (χ3n) is 4.86. The summed E-state index contributed by atoms with van der Waals surface area (Å²) in [5.74, 6) is -0.170. The van der Waals surface area contributed by atoms with Crippen molar-refractivity contribution < 1.29 is 13.9 Å². The van der Waals surface area contributed by atoms with E-state index in [-0.39, 0.29) is 11.6 Å². The van der Waals surface area contributed by atoms with Crippen molar-refractivity contribution in [2.24, 2.45) is 4.99 Å². The van der Waals surface area contributed by atoms with Gasteiger partial charge in [0, 0.05) is 29.0 Å². The summed E-state index contributed by atoms with van der Waals surface area (Å²) in [6, 6.07) is 9.08. The van der Waals surface area contributed by atoms with Gasteiger partial charge in [-0.1, -0.05) is 23.7 Å². The number of hydrogen-bond donors (Lipinski definition) is 0. The van der Waals surface area contributed by atoms with Crippen LogP contribution in [-0.2, 0) is 9.53 Å². The highest BCUT2D eigenvalue weighted by atomic mass is 35.5. The fraction of sp³-hybridized carbons (Fsp3) is 0.286. The Morgan fingerprint density at radius 2 is 2.21 bits per heavy atom. The van der Waals surface area contributed by atoms with E-state index in [2.05, 4.69) is 4.98 Å². The number of nitrogens with zero attached hydrogens (tertiary/aromatic N) is 3. The zero-order chi connectivity index (χ0) is 19.7. The molecule has 2 aromatic rings. The number of amidine groups is 1. The molecule has 7 heteroatoms. The van der Waals surface area contributed by atoms with E-state index in [1.807, 2.05) is 23.1 Å². The summed E-state index contributed by atoms with van der Waals surface area (Å²) < 4.78 is 18.9. The molecule has 0 amide bonds. The highest BCUT2D eigenvalue weighted by Crippen LogP contribution is 2.42. The predicted molar refractivity (Wildman–Crippen MR) is 105 cm³/mol. The summed E-state index contributed by atoms with van der Waals surface area (Å²) >= 11 is 6.33. The number of aromatic nitrogens is 1. The Hall–Kier alpha value is -2.73. The molecule has 4 rings (SSSR count). The molecule has 1 aromatic carbocycles. The molecule has 1 fully saturated rings. The van der Waals surface area contributed by atoms with E-state index < -0.39 is 17.8 Å². The number of ether oxygens (including phenoxy) is 1. The first kappa shape index (κ1) is 18.6. The molecule has 2 aliphatic rings. The van der Waals surface area contributed by atoms with E-state index >= 15 is 0 Å². The smallest absolute Gasteiger partial charge is 0.338 e. The van der Waals surface area contributed by atoms with Crippen molar-refractivity contribution in [3.63, 3.8) is 0 Å². The molecule has 1 aromatic heterocycles. The highest BCUT2D eigenvalue weighted by Gasteiger charge is 2.39. The second-order valence-corrected chi connectivity index (χ2v) is 6.98. The van der Waals surface area contributed by atoms with Gasteiger partial charge in [0.15, 0.2) is 5.84 Å². The minimum Gasteiger partial charge on any atom is -0.463 e. The zero-order valence-electron chi connectivity index (χ0n) is 15.4. The van der Waals surface area contributed by atoms with Crippen LogP contribution >= 0.6 is 11.6 Å². The van der Waals surface area contributed by atoms with Crippen molar-refractivity contribution in [2.75, 3.05) is 13.2 Å². The topological polar surface area (TPSA) is 54.8 Å². The summed E-state index contributed by atoms with van der Waals surface area (Å²) in [4.78, 5) is 24.2. The van der Waals surface area contributed by atoms with Gasteiger partial charge in [-0.2, -0.15) is 0 Å². The molecule has 1 atom stereocenters. The Bertz CT molecular complexity index is 975. The Morgan fingerprint density at radius 1 is 1.36 bits per heavy atom. The van der Waals surface area contributed by atoms with Crippen molar-refractivity contribution >= 4 is 23.4 Å². The van der Waals surface area contributed by atoms with Gasteiger partial charge < -0.3 is 9.64 Å². The summed E-state index contributed by atoms with van der Waals surface area (Å²) in [6.45, 7) is 2.77. The maximum atomic E-state index is 13.6. The quantitative estimate of drug-likeness (QED) is 0.720. The third-order valence-corrected chi connectivity index (χ3v) is 5.19. The minimum atomic E-state index is -0.673. The largest absolute Gasteiger partial charge is 0.463 e. The number of allylic oxidation sites excluding steroid dienone is 1. The molecule has 0 bridgehead atoms. The predicted octanol–water partition coefficient (Wildman–Crippen LogP) is 4.29. The standard InChI is InChI=1S/C21H19ClFN3O2/c1-2-28-21(27)18-17-7-5-11-26(17)20(16-6-3-4-10-24-16)25-19(18)14-9-8-13(23)12-15(14)22/h3-4,6,8-10,12,19H,2,5,7,11H2,1H3. The van der Waals surface area contributed by atoms with Gasteiger partial charge in [-0.25, -0.2) is 9.18 Å². The summed E-state index contributed by atoms with van der Waals surface area (Å²) in [5, 5.41) is 0.225. The van der Waals surface area contributed by atoms with Crippen LogP contribution in [0.1, 0.15) is 37.1 Å². The van der Waals surface area contributed by atoms with Crippen molar-refractivity contribution in [3.8, 4) is 0 Å². The van der Waals surface area contributed by atoms with Crippen molar-refractivity contribution in [2.45, 2.75) is 25.8 Å². The third kappa shape index (κ3) is 3.29. The average Bonchev–Trinajstić information content (AvgIpc) is 3.17. The molecule has 5 nitrogen and oxygen atoms in total. The van der Waals surface area contributed by atoms with Crippen LogP contribution < -0.4 is 0 Å². The number of fused-ring (bicyclic) bond motifs is 1. The van der Waals surface area contributed by atoms with E-state index in [9.17, 15) is 9.18 Å². The van der Waals surface area contributed by atoms with Crippen LogP contribution in [0.5, 0.6) is 0 Å². The number of hydrogen-bond acceptors (Lipinski definition) is 5. The van der Waals surface area contributed by atoms with E-state index in [0.717, 1.165) is 25.1 Å². The van der Waals surface area contributed by atoms with Gasteiger partial charge >= 0.3 is 5.97 Å². The summed E-state index contributed by atoms with van der Waals surface area (Å²) in [7, 11) is 0. The van der Waals surface area contributed by atoms with Crippen LogP contribution in [0.15, 0.2) is 58.9 Å². The molecular formula is C21H19ClFN3O2. The van der Waals surface area contributed by atoms with E-state index in [1.54, 1.807) is 19.2 Å². The van der Waals surface area contributed by atoms with Crippen molar-refractivity contribution in [1.82, 2.24) is 9.88 Å². The molecule has 0 N–H and O–H groups in total. The van der Waals surface area contributed by atoms with Gasteiger partial charge in [0.1, 0.15) is 17.6 Å². The van der Waals surface area contributed by atoms with Gasteiger partial charge in [-0.05, 0) is 44.0 Å². The monoisotopic (exact) mass is 399 g/mol. The van der Waals surface area contributed by atoms with Crippen molar-refractivity contribution in [3.05, 3.63) is 76.0 Å². The normalized spacial score (nSPS) is 18.8. The Balaban J connectivity index is 1.90. The first-order valence-corrected chi connectivity index (χ1v) is 9.59. The fourth-order valence-electron chi connectivity index (χ4n) is 3.69. The lowest BCUT2D eigenvalue weighted by molar-refractivity contribution is -0.139. The second kappa shape index (κ2) is 7.72. The van der Waals surface area contributed by atoms with Gasteiger partial charge in [0.05, 0.1) is 12.2 Å². The fourth-order valence-corrected chi connectivity index (χ4v) is 3.96. The Labute approximate surface area is 167 Å². The molecule has 0 radical (unpaired) electrons. The first-order valence-electron chi connectivity index (χ1n) is 9.22. The van der Waals surface area contributed by atoms with E-state index in [1.165, 1.54) is 12.1 Å².